The second-order valence-electron chi connectivity index (χ2n) is 2.46. The molecule has 0 fully saturated rings. The predicted molar refractivity (Wildman–Crippen MR) is 67.0 cm³/mol. The maximum Gasteiger partial charge on any atom is 0.313 e. The van der Waals surface area contributed by atoms with Gasteiger partial charge < -0.3 is 5.32 Å². The summed E-state index contributed by atoms with van der Waals surface area (Å²) in [5.74, 6) is -0.195. The molecular formula is C9H7Cl4NO2. The zero-order chi connectivity index (χ0) is 12.7. The SMILES string of the molecule is CNC(=O)c1cc(Cl)cc(Cl)c1.O=C(Cl)Cl. The maximum atomic E-state index is 11.1. The van der Waals surface area contributed by atoms with Gasteiger partial charge in [-0.2, -0.15) is 0 Å². The van der Waals surface area contributed by atoms with Gasteiger partial charge in [0, 0.05) is 22.7 Å². The minimum Gasteiger partial charge on any atom is -0.355 e. The Morgan fingerprint density at radius 2 is 1.44 bits per heavy atom. The minimum atomic E-state index is -0.889. The Balaban J connectivity index is 0.000000487. The molecule has 0 aliphatic carbocycles. The summed E-state index contributed by atoms with van der Waals surface area (Å²) >= 11 is 20.2. The van der Waals surface area contributed by atoms with Crippen molar-refractivity contribution in [2.45, 2.75) is 0 Å². The van der Waals surface area contributed by atoms with Crippen molar-refractivity contribution in [3.63, 3.8) is 0 Å². The molecule has 0 heterocycles. The lowest BCUT2D eigenvalue weighted by molar-refractivity contribution is 0.0963. The van der Waals surface area contributed by atoms with E-state index in [1.165, 1.54) is 0 Å². The zero-order valence-corrected chi connectivity index (χ0v) is 11.1. The van der Waals surface area contributed by atoms with Crippen LogP contribution in [0.3, 0.4) is 0 Å². The number of carbonyl (C=O) groups is 2. The van der Waals surface area contributed by atoms with E-state index in [4.69, 9.17) is 28.0 Å². The molecule has 0 aromatic heterocycles. The van der Waals surface area contributed by atoms with Crippen LogP contribution in [0.4, 0.5) is 4.79 Å². The van der Waals surface area contributed by atoms with Gasteiger partial charge in [-0.3, -0.25) is 9.59 Å². The lowest BCUT2D eigenvalue weighted by atomic mass is 10.2. The molecular weight excluding hydrogens is 296 g/mol. The molecule has 1 aromatic rings. The van der Waals surface area contributed by atoms with Crippen molar-refractivity contribution in [3.8, 4) is 0 Å². The van der Waals surface area contributed by atoms with Crippen LogP contribution in [-0.2, 0) is 0 Å². The van der Waals surface area contributed by atoms with Crippen LogP contribution in [0.25, 0.3) is 0 Å². The smallest absolute Gasteiger partial charge is 0.313 e. The van der Waals surface area contributed by atoms with Gasteiger partial charge >= 0.3 is 4.70 Å². The standard InChI is InChI=1S/C8H7Cl2NO.CCl2O/c1-11-8(12)5-2-6(9)4-7(10)3-5;2-1(3)4/h2-4H,1H3,(H,11,12);. The lowest BCUT2D eigenvalue weighted by Crippen LogP contribution is -2.17. The van der Waals surface area contributed by atoms with Crippen molar-refractivity contribution in [3.05, 3.63) is 33.8 Å². The number of amides is 1. The zero-order valence-electron chi connectivity index (χ0n) is 8.06. The molecule has 0 atom stereocenters. The molecule has 0 spiro atoms. The van der Waals surface area contributed by atoms with E-state index >= 15 is 0 Å². The summed E-state index contributed by atoms with van der Waals surface area (Å²) in [4.78, 5) is 20.1. The van der Waals surface area contributed by atoms with Gasteiger partial charge in [0.2, 0.25) is 0 Å². The third-order valence-electron chi connectivity index (χ3n) is 1.35. The van der Waals surface area contributed by atoms with Crippen LogP contribution < -0.4 is 5.32 Å². The summed E-state index contributed by atoms with van der Waals surface area (Å²) in [5.41, 5.74) is 0.468. The topological polar surface area (TPSA) is 46.2 Å². The monoisotopic (exact) mass is 301 g/mol. The highest BCUT2D eigenvalue weighted by Gasteiger charge is 2.04. The average molecular weight is 303 g/mol. The summed E-state index contributed by atoms with van der Waals surface area (Å²) in [5, 5.41) is 3.40. The fraction of sp³-hybridized carbons (Fsp3) is 0.111. The molecule has 1 amide bonds. The molecule has 1 aromatic carbocycles. The number of nitrogens with one attached hydrogen (secondary N) is 1. The molecule has 0 aliphatic rings. The number of hydrogen-bond donors (Lipinski definition) is 1. The highest BCUT2D eigenvalue weighted by molar-refractivity contribution is 6.93. The summed E-state index contributed by atoms with van der Waals surface area (Å²) in [7, 11) is 1.55. The van der Waals surface area contributed by atoms with Crippen molar-refractivity contribution in [1.29, 1.82) is 0 Å². The Morgan fingerprint density at radius 3 is 1.75 bits per heavy atom. The fourth-order valence-electron chi connectivity index (χ4n) is 0.829. The quantitative estimate of drug-likeness (QED) is 0.799. The molecule has 0 bridgehead atoms. The molecule has 1 rings (SSSR count). The highest BCUT2D eigenvalue weighted by Crippen LogP contribution is 2.18. The molecule has 88 valence electrons. The summed E-state index contributed by atoms with van der Waals surface area (Å²) in [6, 6.07) is 4.70. The van der Waals surface area contributed by atoms with Crippen LogP contribution in [0.15, 0.2) is 18.2 Å². The second-order valence-corrected chi connectivity index (χ2v) is 4.22. The first kappa shape index (κ1) is 15.5. The van der Waals surface area contributed by atoms with Crippen LogP contribution in [0, 0.1) is 0 Å². The summed E-state index contributed by atoms with van der Waals surface area (Å²) in [6.07, 6.45) is 0. The van der Waals surface area contributed by atoms with Crippen LogP contribution in [0.5, 0.6) is 0 Å². The molecule has 0 saturated heterocycles. The van der Waals surface area contributed by atoms with E-state index in [9.17, 15) is 4.79 Å². The van der Waals surface area contributed by atoms with Gasteiger partial charge in [-0.05, 0) is 41.4 Å². The Bertz CT molecular complexity index is 371. The number of benzene rings is 1. The van der Waals surface area contributed by atoms with E-state index in [2.05, 4.69) is 28.5 Å². The lowest BCUT2D eigenvalue weighted by Gasteiger charge is -2.00. The van der Waals surface area contributed by atoms with Crippen LogP contribution in [0.1, 0.15) is 10.4 Å². The number of hydrogen-bond acceptors (Lipinski definition) is 2. The van der Waals surface area contributed by atoms with Crippen molar-refractivity contribution in [2.75, 3.05) is 7.05 Å². The molecule has 0 unspecified atom stereocenters. The van der Waals surface area contributed by atoms with Gasteiger partial charge in [-0.1, -0.05) is 23.2 Å². The van der Waals surface area contributed by atoms with Crippen molar-refractivity contribution in [1.82, 2.24) is 5.32 Å². The Hall–Kier alpha value is -0.480. The minimum absolute atomic E-state index is 0.195. The third-order valence-corrected chi connectivity index (χ3v) is 1.79. The second kappa shape index (κ2) is 7.74. The van der Waals surface area contributed by atoms with Gasteiger partial charge in [0.1, 0.15) is 0 Å². The van der Waals surface area contributed by atoms with Crippen molar-refractivity contribution in [2.24, 2.45) is 0 Å². The predicted octanol–water partition coefficient (Wildman–Crippen LogP) is 3.94. The maximum absolute atomic E-state index is 11.1. The van der Waals surface area contributed by atoms with Crippen LogP contribution >= 0.6 is 46.4 Å². The van der Waals surface area contributed by atoms with E-state index in [1.807, 2.05) is 0 Å². The van der Waals surface area contributed by atoms with Gasteiger partial charge in [0.25, 0.3) is 5.91 Å². The van der Waals surface area contributed by atoms with Gasteiger partial charge in [0.05, 0.1) is 0 Å². The normalized spacial score (nSPS) is 8.81. The van der Waals surface area contributed by atoms with Gasteiger partial charge in [-0.15, -0.1) is 0 Å². The first-order chi connectivity index (χ1) is 7.36. The Labute approximate surface area is 113 Å². The van der Waals surface area contributed by atoms with E-state index in [0.29, 0.717) is 15.6 Å². The highest BCUT2D eigenvalue weighted by atomic mass is 35.5. The summed E-state index contributed by atoms with van der Waals surface area (Å²) < 4.78 is -0.889. The number of carbonyl (C=O) groups excluding carboxylic acids is 2. The molecule has 1 N–H and O–H groups in total. The Morgan fingerprint density at radius 1 is 1.06 bits per heavy atom. The fourth-order valence-corrected chi connectivity index (χ4v) is 1.36. The number of halogens is 4. The molecule has 16 heavy (non-hydrogen) atoms. The van der Waals surface area contributed by atoms with Crippen molar-refractivity contribution >= 4 is 57.0 Å². The first-order valence-corrected chi connectivity index (χ1v) is 5.41. The number of rotatable bonds is 1. The van der Waals surface area contributed by atoms with Crippen LogP contribution in [-0.4, -0.2) is 17.7 Å². The van der Waals surface area contributed by atoms with E-state index < -0.39 is 4.70 Å². The molecule has 0 radical (unpaired) electrons. The van der Waals surface area contributed by atoms with Gasteiger partial charge in [-0.25, -0.2) is 0 Å². The molecule has 0 aliphatic heterocycles. The molecule has 7 heteroatoms. The van der Waals surface area contributed by atoms with Crippen LogP contribution in [0.2, 0.25) is 10.0 Å². The van der Waals surface area contributed by atoms with E-state index in [1.54, 1.807) is 25.2 Å². The first-order valence-electron chi connectivity index (χ1n) is 3.90. The average Bonchev–Trinajstić information content (AvgIpc) is 2.14. The van der Waals surface area contributed by atoms with E-state index in [-0.39, 0.29) is 5.91 Å². The van der Waals surface area contributed by atoms with Crippen molar-refractivity contribution < 1.29 is 9.59 Å². The van der Waals surface area contributed by atoms with Gasteiger partial charge in [0.15, 0.2) is 0 Å². The largest absolute Gasteiger partial charge is 0.355 e. The Kier molecular flexibility index (Phi) is 7.51. The molecule has 3 nitrogen and oxygen atoms in total. The summed E-state index contributed by atoms with van der Waals surface area (Å²) in [6.45, 7) is 0. The third kappa shape index (κ3) is 6.90. The van der Waals surface area contributed by atoms with E-state index in [0.717, 1.165) is 0 Å². The molecule has 0 saturated carbocycles.